The van der Waals surface area contributed by atoms with Crippen LogP contribution in [0.2, 0.25) is 20.1 Å². The summed E-state index contributed by atoms with van der Waals surface area (Å²) in [4.78, 5) is 12.1. The summed E-state index contributed by atoms with van der Waals surface area (Å²) in [6, 6.07) is 15.2. The first-order chi connectivity index (χ1) is 14.7. The predicted molar refractivity (Wildman–Crippen MR) is 124 cm³/mol. The van der Waals surface area contributed by atoms with Crippen molar-refractivity contribution in [2.24, 2.45) is 0 Å². The molecule has 2 N–H and O–H groups in total. The summed E-state index contributed by atoms with van der Waals surface area (Å²) in [5, 5.41) is 3.26. The molecule has 0 saturated heterocycles. The molecule has 0 aliphatic heterocycles. The molecular weight excluding hydrogens is 506 g/mol. The number of ether oxygens (including phenoxy) is 1. The molecule has 0 fully saturated rings. The highest BCUT2D eigenvalue weighted by Gasteiger charge is 2.17. The summed E-state index contributed by atoms with van der Waals surface area (Å²) in [7, 11) is -3.84. The van der Waals surface area contributed by atoms with Gasteiger partial charge in [0, 0.05) is 5.69 Å². The highest BCUT2D eigenvalue weighted by molar-refractivity contribution is 7.92. The lowest BCUT2D eigenvalue weighted by Crippen LogP contribution is -2.20. The third kappa shape index (κ3) is 6.18. The SMILES string of the molecule is O=C(COc1ccc(S(=O)(=O)Nc2ccccc2)cc1Cl)Nc1cc(Cl)c(Cl)cc1Cl. The number of carbonyl (C=O) groups is 1. The van der Waals surface area contributed by atoms with E-state index in [1.165, 1.54) is 30.3 Å². The zero-order valence-electron chi connectivity index (χ0n) is 15.5. The van der Waals surface area contributed by atoms with Crippen LogP contribution in [0.1, 0.15) is 0 Å². The van der Waals surface area contributed by atoms with Crippen molar-refractivity contribution in [3.63, 3.8) is 0 Å². The Kier molecular flexibility index (Phi) is 7.56. The third-order valence-corrected chi connectivity index (χ3v) is 6.59. The van der Waals surface area contributed by atoms with Gasteiger partial charge in [0.1, 0.15) is 5.75 Å². The summed E-state index contributed by atoms with van der Waals surface area (Å²) in [5.41, 5.74) is 0.681. The minimum Gasteiger partial charge on any atom is -0.482 e. The van der Waals surface area contributed by atoms with Crippen LogP contribution < -0.4 is 14.8 Å². The second-order valence-corrected chi connectivity index (χ2v) is 9.46. The van der Waals surface area contributed by atoms with Crippen molar-refractivity contribution in [2.45, 2.75) is 4.90 Å². The van der Waals surface area contributed by atoms with Gasteiger partial charge in [0.15, 0.2) is 6.61 Å². The van der Waals surface area contributed by atoms with Gasteiger partial charge < -0.3 is 10.1 Å². The zero-order valence-corrected chi connectivity index (χ0v) is 19.4. The van der Waals surface area contributed by atoms with E-state index in [-0.39, 0.29) is 36.4 Å². The largest absolute Gasteiger partial charge is 0.482 e. The molecule has 11 heteroatoms. The molecule has 31 heavy (non-hydrogen) atoms. The smallest absolute Gasteiger partial charge is 0.262 e. The first kappa shape index (κ1) is 23.5. The van der Waals surface area contributed by atoms with Crippen molar-refractivity contribution in [1.82, 2.24) is 0 Å². The van der Waals surface area contributed by atoms with Crippen molar-refractivity contribution in [3.8, 4) is 5.75 Å². The van der Waals surface area contributed by atoms with Crippen LogP contribution in [0.5, 0.6) is 5.75 Å². The molecule has 0 aliphatic rings. The molecule has 0 radical (unpaired) electrons. The Morgan fingerprint density at radius 2 is 1.52 bits per heavy atom. The molecule has 3 aromatic rings. The molecule has 6 nitrogen and oxygen atoms in total. The molecule has 0 aliphatic carbocycles. The number of para-hydroxylation sites is 1. The predicted octanol–water partition coefficient (Wildman–Crippen LogP) is 6.12. The van der Waals surface area contributed by atoms with E-state index in [4.69, 9.17) is 51.1 Å². The number of carbonyl (C=O) groups excluding carboxylic acids is 1. The number of halogens is 4. The molecule has 0 unspecified atom stereocenters. The lowest BCUT2D eigenvalue weighted by atomic mass is 10.3. The molecule has 0 bridgehead atoms. The van der Waals surface area contributed by atoms with Crippen LogP contribution in [-0.4, -0.2) is 20.9 Å². The average Bonchev–Trinajstić information content (AvgIpc) is 2.71. The number of anilines is 2. The molecule has 3 aromatic carbocycles. The Hall–Kier alpha value is -2.16. The number of hydrogen-bond acceptors (Lipinski definition) is 4. The number of hydrogen-bond donors (Lipinski definition) is 2. The monoisotopic (exact) mass is 518 g/mol. The van der Waals surface area contributed by atoms with Gasteiger partial charge in [0.05, 0.1) is 30.7 Å². The summed E-state index contributed by atoms with van der Waals surface area (Å²) >= 11 is 23.9. The number of rotatable bonds is 7. The fourth-order valence-corrected chi connectivity index (χ4v) is 4.41. The Balaban J connectivity index is 1.65. The number of amides is 1. The molecule has 3 rings (SSSR count). The maximum Gasteiger partial charge on any atom is 0.262 e. The second-order valence-electron chi connectivity index (χ2n) is 6.15. The maximum absolute atomic E-state index is 12.5. The van der Waals surface area contributed by atoms with Gasteiger partial charge in [-0.05, 0) is 42.5 Å². The molecule has 0 atom stereocenters. The quantitative estimate of drug-likeness (QED) is 0.368. The summed E-state index contributed by atoms with van der Waals surface area (Å²) in [6.45, 7) is -0.398. The van der Waals surface area contributed by atoms with Crippen LogP contribution in [0.3, 0.4) is 0 Å². The normalized spacial score (nSPS) is 11.1. The van der Waals surface area contributed by atoms with E-state index in [1.54, 1.807) is 30.3 Å². The molecule has 0 aromatic heterocycles. The van der Waals surface area contributed by atoms with E-state index in [0.29, 0.717) is 5.69 Å². The molecule has 1 amide bonds. The molecule has 162 valence electrons. The lowest BCUT2D eigenvalue weighted by Gasteiger charge is -2.12. The molecule has 0 spiro atoms. The Morgan fingerprint density at radius 1 is 0.839 bits per heavy atom. The van der Waals surface area contributed by atoms with E-state index in [0.717, 1.165) is 0 Å². The Morgan fingerprint density at radius 3 is 2.19 bits per heavy atom. The van der Waals surface area contributed by atoms with Crippen LogP contribution in [0.25, 0.3) is 0 Å². The van der Waals surface area contributed by atoms with Crippen LogP contribution in [-0.2, 0) is 14.8 Å². The number of sulfonamides is 1. The standard InChI is InChI=1S/C20H14Cl4N2O4S/c21-14-9-16(23)18(10-15(14)22)25-20(27)11-30-19-7-6-13(8-17(19)24)31(28,29)26-12-4-2-1-3-5-12/h1-10,26H,11H2,(H,25,27). The van der Waals surface area contributed by atoms with Gasteiger partial charge in [-0.2, -0.15) is 0 Å². The van der Waals surface area contributed by atoms with Crippen LogP contribution >= 0.6 is 46.4 Å². The van der Waals surface area contributed by atoms with Gasteiger partial charge in [-0.25, -0.2) is 8.42 Å². The van der Waals surface area contributed by atoms with Gasteiger partial charge >= 0.3 is 0 Å². The van der Waals surface area contributed by atoms with E-state index < -0.39 is 22.5 Å². The minimum absolute atomic E-state index is 0.0244. The second kappa shape index (κ2) is 9.97. The van der Waals surface area contributed by atoms with Crippen LogP contribution in [0.15, 0.2) is 65.6 Å². The van der Waals surface area contributed by atoms with Crippen molar-refractivity contribution >= 4 is 73.7 Å². The number of nitrogens with one attached hydrogen (secondary N) is 2. The summed E-state index contributed by atoms with van der Waals surface area (Å²) in [6.07, 6.45) is 0. The van der Waals surface area contributed by atoms with Gasteiger partial charge in [-0.1, -0.05) is 64.6 Å². The van der Waals surface area contributed by atoms with Crippen LogP contribution in [0, 0.1) is 0 Å². The van der Waals surface area contributed by atoms with Crippen molar-refractivity contribution in [2.75, 3.05) is 16.6 Å². The topological polar surface area (TPSA) is 84.5 Å². The Bertz CT molecular complexity index is 1220. The van der Waals surface area contributed by atoms with Crippen molar-refractivity contribution in [3.05, 3.63) is 80.8 Å². The van der Waals surface area contributed by atoms with Gasteiger partial charge in [0.25, 0.3) is 15.9 Å². The molecule has 0 saturated carbocycles. The van der Waals surface area contributed by atoms with Gasteiger partial charge in [0.2, 0.25) is 0 Å². The van der Waals surface area contributed by atoms with Crippen molar-refractivity contribution < 1.29 is 17.9 Å². The zero-order chi connectivity index (χ0) is 22.6. The fourth-order valence-electron chi connectivity index (χ4n) is 2.43. The third-order valence-electron chi connectivity index (χ3n) is 3.88. The van der Waals surface area contributed by atoms with Crippen molar-refractivity contribution in [1.29, 1.82) is 0 Å². The minimum atomic E-state index is -3.84. The van der Waals surface area contributed by atoms with E-state index >= 15 is 0 Å². The summed E-state index contributed by atoms with van der Waals surface area (Å²) in [5.74, 6) is -0.394. The summed E-state index contributed by atoms with van der Waals surface area (Å²) < 4.78 is 32.9. The highest BCUT2D eigenvalue weighted by atomic mass is 35.5. The van der Waals surface area contributed by atoms with Crippen LogP contribution in [0.4, 0.5) is 11.4 Å². The van der Waals surface area contributed by atoms with Gasteiger partial charge in [-0.15, -0.1) is 0 Å². The maximum atomic E-state index is 12.5. The first-order valence-corrected chi connectivity index (χ1v) is 11.6. The average molecular weight is 520 g/mol. The van der Waals surface area contributed by atoms with E-state index in [2.05, 4.69) is 10.0 Å². The lowest BCUT2D eigenvalue weighted by molar-refractivity contribution is -0.118. The van der Waals surface area contributed by atoms with Gasteiger partial charge in [-0.3, -0.25) is 9.52 Å². The first-order valence-electron chi connectivity index (χ1n) is 8.60. The van der Waals surface area contributed by atoms with E-state index in [9.17, 15) is 13.2 Å². The highest BCUT2D eigenvalue weighted by Crippen LogP contribution is 2.32. The number of benzene rings is 3. The fraction of sp³-hybridized carbons (Fsp3) is 0.0500. The molecular formula is C20H14Cl4N2O4S. The Labute approximate surface area is 199 Å². The van der Waals surface area contributed by atoms with E-state index in [1.807, 2.05) is 0 Å². The molecule has 0 heterocycles.